The maximum atomic E-state index is 12.7. The van der Waals surface area contributed by atoms with Crippen molar-refractivity contribution in [3.63, 3.8) is 0 Å². The summed E-state index contributed by atoms with van der Waals surface area (Å²) in [5, 5.41) is 0.925. The lowest BCUT2D eigenvalue weighted by Gasteiger charge is -2.23. The summed E-state index contributed by atoms with van der Waals surface area (Å²) in [6.07, 6.45) is -2.58. The van der Waals surface area contributed by atoms with E-state index in [4.69, 9.17) is 4.74 Å². The Morgan fingerprint density at radius 1 is 1.19 bits per heavy atom. The van der Waals surface area contributed by atoms with E-state index < -0.39 is 12.7 Å². The van der Waals surface area contributed by atoms with E-state index in [-0.39, 0.29) is 19.7 Å². The second kappa shape index (κ2) is 6.87. The normalized spacial score (nSPS) is 12.2. The van der Waals surface area contributed by atoms with Gasteiger partial charge in [0.05, 0.1) is 18.7 Å². The second-order valence-corrected chi connectivity index (χ2v) is 4.81. The van der Waals surface area contributed by atoms with Crippen molar-refractivity contribution in [1.29, 1.82) is 0 Å². The van der Waals surface area contributed by atoms with Gasteiger partial charge in [0.15, 0.2) is 0 Å². The van der Waals surface area contributed by atoms with Gasteiger partial charge >= 0.3 is 6.18 Å². The van der Waals surface area contributed by atoms with Gasteiger partial charge in [-0.2, -0.15) is 13.2 Å². The van der Waals surface area contributed by atoms with E-state index in [9.17, 15) is 13.2 Å². The molecule has 1 aromatic heterocycles. The first-order valence-electron chi connectivity index (χ1n) is 6.60. The summed E-state index contributed by atoms with van der Waals surface area (Å²) in [4.78, 5) is 5.60. The van der Waals surface area contributed by atoms with E-state index in [1.807, 2.05) is 30.3 Å². The van der Waals surface area contributed by atoms with Crippen molar-refractivity contribution in [2.24, 2.45) is 0 Å². The number of halogens is 3. The van der Waals surface area contributed by atoms with Crippen molar-refractivity contribution < 1.29 is 17.9 Å². The minimum atomic E-state index is -4.23. The standard InChI is InChI=1S/C15H17F3N2O/c1-21-9-8-20(11-15(16,17)18)10-13-5-2-4-12-6-3-7-19-14(12)13/h2-7H,8-11H2,1H3. The van der Waals surface area contributed by atoms with Crippen LogP contribution in [0, 0.1) is 0 Å². The van der Waals surface area contributed by atoms with Crippen LogP contribution in [0.15, 0.2) is 36.5 Å². The molecular formula is C15H17F3N2O. The minimum absolute atomic E-state index is 0.192. The summed E-state index contributed by atoms with van der Waals surface area (Å²) in [5.74, 6) is 0. The molecule has 0 N–H and O–H groups in total. The fraction of sp³-hybridized carbons (Fsp3) is 0.400. The van der Waals surface area contributed by atoms with Crippen LogP contribution >= 0.6 is 0 Å². The molecule has 0 radical (unpaired) electrons. The van der Waals surface area contributed by atoms with Crippen LogP contribution in [-0.4, -0.2) is 42.9 Å². The number of rotatable bonds is 6. The highest BCUT2D eigenvalue weighted by molar-refractivity contribution is 5.81. The molecule has 0 spiro atoms. The number of ether oxygens (including phenoxy) is 1. The second-order valence-electron chi connectivity index (χ2n) is 4.81. The molecule has 114 valence electrons. The van der Waals surface area contributed by atoms with Crippen LogP contribution in [0.2, 0.25) is 0 Å². The van der Waals surface area contributed by atoms with Crippen LogP contribution in [-0.2, 0) is 11.3 Å². The number of hydrogen-bond donors (Lipinski definition) is 0. The molecule has 21 heavy (non-hydrogen) atoms. The Kier molecular flexibility index (Phi) is 5.14. The van der Waals surface area contributed by atoms with Crippen LogP contribution in [0.3, 0.4) is 0 Å². The topological polar surface area (TPSA) is 25.4 Å². The number of nitrogens with zero attached hydrogens (tertiary/aromatic N) is 2. The van der Waals surface area contributed by atoms with Crippen LogP contribution in [0.5, 0.6) is 0 Å². The van der Waals surface area contributed by atoms with Crippen molar-refractivity contribution in [2.45, 2.75) is 12.7 Å². The highest BCUT2D eigenvalue weighted by Gasteiger charge is 2.30. The maximum Gasteiger partial charge on any atom is 0.401 e. The maximum absolute atomic E-state index is 12.7. The molecule has 0 bridgehead atoms. The first-order valence-corrected chi connectivity index (χ1v) is 6.60. The summed E-state index contributed by atoms with van der Waals surface area (Å²) in [6.45, 7) is -0.287. The summed E-state index contributed by atoms with van der Waals surface area (Å²) in [5.41, 5.74) is 1.53. The molecule has 0 aliphatic carbocycles. The lowest BCUT2D eigenvalue weighted by atomic mass is 10.1. The van der Waals surface area contributed by atoms with Gasteiger partial charge in [-0.05, 0) is 11.6 Å². The Morgan fingerprint density at radius 2 is 1.95 bits per heavy atom. The lowest BCUT2D eigenvalue weighted by Crippen LogP contribution is -2.36. The van der Waals surface area contributed by atoms with Crippen LogP contribution in [0.4, 0.5) is 13.2 Å². The molecule has 0 aliphatic heterocycles. The highest BCUT2D eigenvalue weighted by atomic mass is 19.4. The summed E-state index contributed by atoms with van der Waals surface area (Å²) in [7, 11) is 1.48. The Morgan fingerprint density at radius 3 is 2.67 bits per heavy atom. The number of hydrogen-bond acceptors (Lipinski definition) is 3. The van der Waals surface area contributed by atoms with E-state index >= 15 is 0 Å². The van der Waals surface area contributed by atoms with Gasteiger partial charge < -0.3 is 4.74 Å². The van der Waals surface area contributed by atoms with Gasteiger partial charge in [-0.3, -0.25) is 9.88 Å². The Labute approximate surface area is 121 Å². The molecular weight excluding hydrogens is 281 g/mol. The van der Waals surface area contributed by atoms with Gasteiger partial charge in [0.1, 0.15) is 0 Å². The fourth-order valence-electron chi connectivity index (χ4n) is 2.22. The third-order valence-electron chi connectivity index (χ3n) is 3.12. The number of para-hydroxylation sites is 1. The van der Waals surface area contributed by atoms with Gasteiger partial charge in [-0.15, -0.1) is 0 Å². The van der Waals surface area contributed by atoms with Crippen molar-refractivity contribution in [1.82, 2.24) is 9.88 Å². The molecule has 2 aromatic rings. The Balaban J connectivity index is 2.21. The molecule has 6 heteroatoms. The van der Waals surface area contributed by atoms with Gasteiger partial charge in [-0.25, -0.2) is 0 Å². The number of pyridine rings is 1. The predicted molar refractivity (Wildman–Crippen MR) is 75.0 cm³/mol. The van der Waals surface area contributed by atoms with Crippen LogP contribution in [0.1, 0.15) is 5.56 Å². The molecule has 0 saturated carbocycles. The zero-order valence-electron chi connectivity index (χ0n) is 11.7. The zero-order chi connectivity index (χ0) is 15.3. The smallest absolute Gasteiger partial charge is 0.383 e. The summed E-state index contributed by atoms with van der Waals surface area (Å²) < 4.78 is 42.8. The summed E-state index contributed by atoms with van der Waals surface area (Å²) in [6, 6.07) is 9.25. The van der Waals surface area contributed by atoms with Gasteiger partial charge in [0, 0.05) is 31.8 Å². The highest BCUT2D eigenvalue weighted by Crippen LogP contribution is 2.21. The van der Waals surface area contributed by atoms with Crippen LogP contribution in [0.25, 0.3) is 10.9 Å². The quantitative estimate of drug-likeness (QED) is 0.818. The molecule has 0 unspecified atom stereocenters. The van der Waals surface area contributed by atoms with Gasteiger partial charge in [0.25, 0.3) is 0 Å². The number of methoxy groups -OCH3 is 1. The molecule has 1 aromatic carbocycles. The number of fused-ring (bicyclic) bond motifs is 1. The molecule has 1 heterocycles. The third-order valence-corrected chi connectivity index (χ3v) is 3.12. The Bertz CT molecular complexity index is 581. The van der Waals surface area contributed by atoms with E-state index in [0.29, 0.717) is 0 Å². The molecule has 0 amide bonds. The fourth-order valence-corrected chi connectivity index (χ4v) is 2.22. The third kappa shape index (κ3) is 4.68. The predicted octanol–water partition coefficient (Wildman–Crippen LogP) is 3.25. The van der Waals surface area contributed by atoms with E-state index in [0.717, 1.165) is 16.5 Å². The van der Waals surface area contributed by atoms with Crippen molar-refractivity contribution in [2.75, 3.05) is 26.8 Å². The monoisotopic (exact) mass is 298 g/mol. The molecule has 2 rings (SSSR count). The van der Waals surface area contributed by atoms with Crippen molar-refractivity contribution in [3.05, 3.63) is 42.1 Å². The largest absolute Gasteiger partial charge is 0.401 e. The first kappa shape index (κ1) is 15.7. The van der Waals surface area contributed by atoms with Gasteiger partial charge in [-0.1, -0.05) is 24.3 Å². The molecule has 0 aliphatic rings. The van der Waals surface area contributed by atoms with Crippen molar-refractivity contribution >= 4 is 10.9 Å². The zero-order valence-corrected chi connectivity index (χ0v) is 11.7. The lowest BCUT2D eigenvalue weighted by molar-refractivity contribution is -0.148. The SMILES string of the molecule is COCCN(Cc1cccc2cccnc12)CC(F)(F)F. The van der Waals surface area contributed by atoms with E-state index in [2.05, 4.69) is 4.98 Å². The minimum Gasteiger partial charge on any atom is -0.383 e. The number of aromatic nitrogens is 1. The molecule has 3 nitrogen and oxygen atoms in total. The van der Waals surface area contributed by atoms with E-state index in [1.165, 1.54) is 12.0 Å². The molecule has 0 atom stereocenters. The number of alkyl halides is 3. The summed E-state index contributed by atoms with van der Waals surface area (Å²) >= 11 is 0. The molecule has 0 fully saturated rings. The average molecular weight is 298 g/mol. The number of benzene rings is 1. The average Bonchev–Trinajstić information content (AvgIpc) is 2.43. The molecule has 0 saturated heterocycles. The first-order chi connectivity index (χ1) is 9.99. The van der Waals surface area contributed by atoms with Crippen molar-refractivity contribution in [3.8, 4) is 0 Å². The Hall–Kier alpha value is -1.66. The van der Waals surface area contributed by atoms with Crippen LogP contribution < -0.4 is 0 Å². The van der Waals surface area contributed by atoms with E-state index in [1.54, 1.807) is 6.20 Å². The van der Waals surface area contributed by atoms with Gasteiger partial charge in [0.2, 0.25) is 0 Å².